The first-order valence-corrected chi connectivity index (χ1v) is 14.9. The van der Waals surface area contributed by atoms with Crippen molar-refractivity contribution >= 4 is 50.1 Å². The highest BCUT2D eigenvalue weighted by atomic mass is 127. The van der Waals surface area contributed by atoms with Crippen LogP contribution in [0, 0.1) is 10.5 Å². The van der Waals surface area contributed by atoms with Crippen LogP contribution < -0.4 is 9.62 Å². The molecule has 3 aromatic rings. The number of carbonyl (C=O) groups is 2. The maximum absolute atomic E-state index is 13.9. The van der Waals surface area contributed by atoms with E-state index in [2.05, 4.69) is 27.9 Å². The molecule has 196 valence electrons. The van der Waals surface area contributed by atoms with Gasteiger partial charge in [0.05, 0.1) is 11.9 Å². The van der Waals surface area contributed by atoms with Crippen LogP contribution in [-0.4, -0.2) is 50.5 Å². The van der Waals surface area contributed by atoms with Gasteiger partial charge in [-0.2, -0.15) is 0 Å². The second-order valence-corrected chi connectivity index (χ2v) is 12.0. The lowest BCUT2D eigenvalue weighted by molar-refractivity contribution is -0.140. The van der Waals surface area contributed by atoms with Crippen molar-refractivity contribution in [2.24, 2.45) is 0 Å². The van der Waals surface area contributed by atoms with Crippen LogP contribution in [0.4, 0.5) is 5.69 Å². The van der Waals surface area contributed by atoms with Gasteiger partial charge in [-0.15, -0.1) is 0 Å². The molecule has 0 aromatic heterocycles. The van der Waals surface area contributed by atoms with Crippen molar-refractivity contribution in [3.8, 4) is 0 Å². The Hall–Kier alpha value is -2.92. The molecule has 0 aliphatic carbocycles. The zero-order valence-corrected chi connectivity index (χ0v) is 24.2. The molecule has 3 aromatic carbocycles. The number of sulfonamides is 1. The summed E-state index contributed by atoms with van der Waals surface area (Å²) in [4.78, 5) is 28.7. The van der Waals surface area contributed by atoms with Gasteiger partial charge in [-0.25, -0.2) is 8.42 Å². The molecule has 0 radical (unpaired) electrons. The number of benzene rings is 3. The van der Waals surface area contributed by atoms with Crippen molar-refractivity contribution in [3.05, 3.63) is 99.1 Å². The number of anilines is 1. The number of nitrogens with one attached hydrogen (secondary N) is 1. The van der Waals surface area contributed by atoms with Crippen LogP contribution in [0.5, 0.6) is 0 Å². The Morgan fingerprint density at radius 1 is 0.919 bits per heavy atom. The van der Waals surface area contributed by atoms with Gasteiger partial charge in [-0.3, -0.25) is 13.9 Å². The quantitative estimate of drug-likeness (QED) is 0.322. The fourth-order valence-corrected chi connectivity index (χ4v) is 5.17. The molecule has 0 heterocycles. The number of amides is 2. The van der Waals surface area contributed by atoms with Crippen molar-refractivity contribution in [1.29, 1.82) is 0 Å². The molecule has 0 saturated carbocycles. The van der Waals surface area contributed by atoms with Crippen LogP contribution >= 0.6 is 22.6 Å². The van der Waals surface area contributed by atoms with Crippen LogP contribution in [0.2, 0.25) is 0 Å². The molecular weight excluding hydrogens is 601 g/mol. The van der Waals surface area contributed by atoms with Gasteiger partial charge < -0.3 is 10.2 Å². The average molecular weight is 634 g/mol. The first-order chi connectivity index (χ1) is 17.6. The number of carbonyl (C=O) groups excluding carboxylic acids is 2. The molecule has 2 amide bonds. The summed E-state index contributed by atoms with van der Waals surface area (Å²) in [5.41, 5.74) is 3.22. The van der Waals surface area contributed by atoms with E-state index < -0.39 is 28.5 Å². The predicted molar refractivity (Wildman–Crippen MR) is 156 cm³/mol. The summed E-state index contributed by atoms with van der Waals surface area (Å²) in [7, 11) is -3.77. The molecule has 37 heavy (non-hydrogen) atoms. The lowest BCUT2D eigenvalue weighted by Crippen LogP contribution is -2.53. The zero-order chi connectivity index (χ0) is 27.0. The van der Waals surface area contributed by atoms with E-state index in [0.29, 0.717) is 18.7 Å². The highest BCUT2D eigenvalue weighted by Crippen LogP contribution is 2.21. The number of rotatable bonds is 11. The largest absolute Gasteiger partial charge is 0.355 e. The molecule has 7 nitrogen and oxygen atoms in total. The molecule has 0 unspecified atom stereocenters. The molecule has 0 saturated heterocycles. The van der Waals surface area contributed by atoms with E-state index in [-0.39, 0.29) is 12.5 Å². The Morgan fingerprint density at radius 3 is 2.11 bits per heavy atom. The molecule has 0 fully saturated rings. The third kappa shape index (κ3) is 8.29. The maximum atomic E-state index is 13.9. The first-order valence-electron chi connectivity index (χ1n) is 12.0. The zero-order valence-electron chi connectivity index (χ0n) is 21.2. The summed E-state index contributed by atoms with van der Waals surface area (Å²) in [6.45, 7) is 3.96. The molecule has 0 aliphatic rings. The Kier molecular flexibility index (Phi) is 10.1. The monoisotopic (exact) mass is 633 g/mol. The molecule has 0 aliphatic heterocycles. The van der Waals surface area contributed by atoms with Crippen LogP contribution in [0.1, 0.15) is 23.6 Å². The summed E-state index contributed by atoms with van der Waals surface area (Å²) in [6, 6.07) is 23.3. The second-order valence-electron chi connectivity index (χ2n) is 8.85. The summed E-state index contributed by atoms with van der Waals surface area (Å²) >= 11 is 2.14. The van der Waals surface area contributed by atoms with E-state index in [0.717, 1.165) is 30.8 Å². The van der Waals surface area contributed by atoms with Gasteiger partial charge in [0.25, 0.3) is 0 Å². The van der Waals surface area contributed by atoms with Crippen molar-refractivity contribution in [3.63, 3.8) is 0 Å². The molecule has 1 N–H and O–H groups in total. The van der Waals surface area contributed by atoms with Gasteiger partial charge in [-0.05, 0) is 71.8 Å². The summed E-state index contributed by atoms with van der Waals surface area (Å²) in [5, 5.41) is 2.85. The normalized spacial score (nSPS) is 12.0. The Labute approximate surface area is 233 Å². The van der Waals surface area contributed by atoms with Crippen LogP contribution in [0.3, 0.4) is 0 Å². The lowest BCUT2D eigenvalue weighted by atomic mass is 10.0. The van der Waals surface area contributed by atoms with Gasteiger partial charge >= 0.3 is 0 Å². The topological polar surface area (TPSA) is 86.8 Å². The van der Waals surface area contributed by atoms with Crippen LogP contribution in [0.25, 0.3) is 0 Å². The van der Waals surface area contributed by atoms with Gasteiger partial charge in [-0.1, -0.05) is 60.2 Å². The number of halogens is 1. The van der Waals surface area contributed by atoms with Crippen molar-refractivity contribution in [2.75, 3.05) is 23.7 Å². The number of nitrogens with zero attached hydrogens (tertiary/aromatic N) is 2. The van der Waals surface area contributed by atoms with Crippen molar-refractivity contribution in [2.45, 2.75) is 32.9 Å². The summed E-state index contributed by atoms with van der Waals surface area (Å²) in [6.07, 6.45) is 1.38. The average Bonchev–Trinajstić information content (AvgIpc) is 2.86. The standard InChI is InChI=1S/C28H32IN3O4S/c1-4-30-28(34)26(18-22-8-6-5-7-9-22)31(19-23-12-10-21(2)11-13-23)27(33)20-32(37(3,35)36)25-16-14-24(29)15-17-25/h5-17,26H,4,18-20H2,1-3H3,(H,30,34)/t26-/m1/s1. The van der Waals surface area contributed by atoms with E-state index in [1.807, 2.05) is 68.4 Å². The van der Waals surface area contributed by atoms with E-state index in [1.54, 1.807) is 24.3 Å². The minimum atomic E-state index is -3.77. The maximum Gasteiger partial charge on any atom is 0.244 e. The Bertz CT molecular complexity index is 1300. The first kappa shape index (κ1) is 28.6. The molecular formula is C28H32IN3O4S. The van der Waals surface area contributed by atoms with Crippen molar-refractivity contribution < 1.29 is 18.0 Å². The van der Waals surface area contributed by atoms with Gasteiger partial charge in [0, 0.05) is 23.1 Å². The fourth-order valence-electron chi connectivity index (χ4n) is 3.96. The molecule has 1 atom stereocenters. The third-order valence-corrected chi connectivity index (χ3v) is 7.75. The number of aryl methyl sites for hydroxylation is 1. The number of hydrogen-bond acceptors (Lipinski definition) is 4. The van der Waals surface area contributed by atoms with E-state index in [9.17, 15) is 18.0 Å². The second kappa shape index (κ2) is 13.0. The van der Waals surface area contributed by atoms with Crippen molar-refractivity contribution in [1.82, 2.24) is 10.2 Å². The van der Waals surface area contributed by atoms with Gasteiger partial charge in [0.15, 0.2) is 0 Å². The molecule has 0 bridgehead atoms. The van der Waals surface area contributed by atoms with Gasteiger partial charge in [0.1, 0.15) is 12.6 Å². The Morgan fingerprint density at radius 2 is 1.54 bits per heavy atom. The number of hydrogen-bond donors (Lipinski definition) is 1. The minimum absolute atomic E-state index is 0.165. The van der Waals surface area contributed by atoms with Gasteiger partial charge in [0.2, 0.25) is 21.8 Å². The predicted octanol–water partition coefficient (Wildman–Crippen LogP) is 4.14. The van der Waals surface area contributed by atoms with E-state index in [4.69, 9.17) is 0 Å². The summed E-state index contributed by atoms with van der Waals surface area (Å²) < 4.78 is 27.5. The molecule has 0 spiro atoms. The van der Waals surface area contributed by atoms with E-state index >= 15 is 0 Å². The SMILES string of the molecule is CCNC(=O)[C@@H](Cc1ccccc1)N(Cc1ccc(C)cc1)C(=O)CN(c1ccc(I)cc1)S(C)(=O)=O. The molecule has 9 heteroatoms. The number of likely N-dealkylation sites (N-methyl/N-ethyl adjacent to an activating group) is 1. The highest BCUT2D eigenvalue weighted by molar-refractivity contribution is 14.1. The smallest absolute Gasteiger partial charge is 0.244 e. The highest BCUT2D eigenvalue weighted by Gasteiger charge is 2.32. The fraction of sp³-hybridized carbons (Fsp3) is 0.286. The minimum Gasteiger partial charge on any atom is -0.355 e. The Balaban J connectivity index is 2.02. The summed E-state index contributed by atoms with van der Waals surface area (Å²) in [5.74, 6) is -0.747. The molecule has 3 rings (SSSR count). The van der Waals surface area contributed by atoms with E-state index in [1.165, 1.54) is 4.90 Å². The lowest BCUT2D eigenvalue weighted by Gasteiger charge is -2.33. The third-order valence-electron chi connectivity index (χ3n) is 5.89. The van der Waals surface area contributed by atoms with Crippen LogP contribution in [0.15, 0.2) is 78.9 Å². The van der Waals surface area contributed by atoms with Crippen LogP contribution in [-0.2, 0) is 32.6 Å².